The number of aromatic nitrogens is 2. The lowest BCUT2D eigenvalue weighted by Gasteiger charge is -2.08. The first-order valence-corrected chi connectivity index (χ1v) is 8.85. The number of hydrogen-bond acceptors (Lipinski definition) is 3. The molecule has 0 aliphatic rings. The Bertz CT molecular complexity index is 1020. The van der Waals surface area contributed by atoms with Gasteiger partial charge < -0.3 is 10.1 Å². The van der Waals surface area contributed by atoms with Crippen LogP contribution >= 0.6 is 23.2 Å². The molecule has 0 aliphatic carbocycles. The van der Waals surface area contributed by atoms with Crippen molar-refractivity contribution < 1.29 is 9.53 Å². The molecule has 6 nitrogen and oxygen atoms in total. The summed E-state index contributed by atoms with van der Waals surface area (Å²) in [6, 6.07) is 13.9. The highest BCUT2D eigenvalue weighted by Crippen LogP contribution is 2.24. The Morgan fingerprint density at radius 2 is 1.74 bits per heavy atom. The number of benzene rings is 2. The molecule has 0 spiro atoms. The Kier molecular flexibility index (Phi) is 5.58. The zero-order valence-electron chi connectivity index (χ0n) is 14.7. The summed E-state index contributed by atoms with van der Waals surface area (Å²) in [5.41, 5.74) is 1.22. The second-order valence-electron chi connectivity index (χ2n) is 5.88. The van der Waals surface area contributed by atoms with E-state index in [1.807, 2.05) is 30.3 Å². The third-order valence-corrected chi connectivity index (χ3v) is 4.46. The summed E-state index contributed by atoms with van der Waals surface area (Å²) in [6.07, 6.45) is 0. The molecular formula is C19H17Cl2N3O3. The van der Waals surface area contributed by atoms with Gasteiger partial charge in [-0.3, -0.25) is 14.3 Å². The van der Waals surface area contributed by atoms with Crippen LogP contribution in [0.3, 0.4) is 0 Å². The molecule has 140 valence electrons. The van der Waals surface area contributed by atoms with E-state index in [1.54, 1.807) is 36.9 Å². The van der Waals surface area contributed by atoms with Crippen molar-refractivity contribution in [2.24, 2.45) is 7.05 Å². The van der Waals surface area contributed by atoms with Gasteiger partial charge in [0.25, 0.3) is 11.5 Å². The van der Waals surface area contributed by atoms with Gasteiger partial charge in [0.1, 0.15) is 11.4 Å². The summed E-state index contributed by atoms with van der Waals surface area (Å²) in [7, 11) is 1.75. The Hall–Kier alpha value is -2.70. The quantitative estimate of drug-likeness (QED) is 0.701. The average Bonchev–Trinajstić information content (AvgIpc) is 2.83. The normalized spacial score (nSPS) is 10.7. The summed E-state index contributed by atoms with van der Waals surface area (Å²) in [5.74, 6) is -0.0914. The Morgan fingerprint density at radius 1 is 1.11 bits per heavy atom. The molecule has 0 saturated carbocycles. The van der Waals surface area contributed by atoms with E-state index in [0.29, 0.717) is 27.2 Å². The molecule has 0 unspecified atom stereocenters. The van der Waals surface area contributed by atoms with Crippen molar-refractivity contribution >= 4 is 34.8 Å². The lowest BCUT2D eigenvalue weighted by Crippen LogP contribution is -2.25. The molecule has 0 bridgehead atoms. The number of carbonyl (C=O) groups excluding carboxylic acids is 1. The van der Waals surface area contributed by atoms with E-state index < -0.39 is 5.91 Å². The maximum Gasteiger partial charge on any atom is 0.295 e. The zero-order chi connectivity index (χ0) is 19.6. The van der Waals surface area contributed by atoms with Crippen LogP contribution < -0.4 is 15.6 Å². The number of amides is 1. The van der Waals surface area contributed by atoms with Crippen LogP contribution in [0.4, 0.5) is 5.69 Å². The van der Waals surface area contributed by atoms with E-state index >= 15 is 0 Å². The highest BCUT2D eigenvalue weighted by atomic mass is 35.5. The molecule has 2 aromatic carbocycles. The van der Waals surface area contributed by atoms with Crippen molar-refractivity contribution in [3.63, 3.8) is 0 Å². The summed E-state index contributed by atoms with van der Waals surface area (Å²) in [5, 5.41) is 3.44. The highest BCUT2D eigenvalue weighted by molar-refractivity contribution is 6.34. The maximum atomic E-state index is 12.8. The molecule has 1 N–H and O–H groups in total. The average molecular weight is 406 g/mol. The summed E-state index contributed by atoms with van der Waals surface area (Å²) in [4.78, 5) is 25.0. The van der Waals surface area contributed by atoms with Gasteiger partial charge in [0.2, 0.25) is 0 Å². The van der Waals surface area contributed by atoms with Gasteiger partial charge in [0.05, 0.1) is 11.4 Å². The molecule has 1 amide bonds. The number of anilines is 1. The third kappa shape index (κ3) is 4.18. The number of nitrogens with one attached hydrogen (secondary N) is 1. The van der Waals surface area contributed by atoms with E-state index in [4.69, 9.17) is 27.9 Å². The molecule has 0 fully saturated rings. The van der Waals surface area contributed by atoms with Crippen LogP contribution in [0, 0.1) is 6.92 Å². The minimum atomic E-state index is -0.461. The third-order valence-electron chi connectivity index (χ3n) is 4.02. The highest BCUT2D eigenvalue weighted by Gasteiger charge is 2.18. The van der Waals surface area contributed by atoms with Crippen molar-refractivity contribution in [1.29, 1.82) is 0 Å². The molecule has 3 rings (SSSR count). The largest absolute Gasteiger partial charge is 0.484 e. The van der Waals surface area contributed by atoms with Crippen molar-refractivity contribution in [2.75, 3.05) is 11.9 Å². The first kappa shape index (κ1) is 19.1. The van der Waals surface area contributed by atoms with Crippen molar-refractivity contribution in [2.45, 2.75) is 6.92 Å². The van der Waals surface area contributed by atoms with E-state index in [0.717, 1.165) is 0 Å². The second-order valence-corrected chi connectivity index (χ2v) is 6.75. The minimum absolute atomic E-state index is 0.207. The van der Waals surface area contributed by atoms with Gasteiger partial charge in [-0.25, -0.2) is 4.68 Å². The van der Waals surface area contributed by atoms with Crippen LogP contribution in [0.25, 0.3) is 5.69 Å². The molecule has 1 heterocycles. The lowest BCUT2D eigenvalue weighted by molar-refractivity contribution is -0.118. The molecule has 1 aromatic heterocycles. The molecule has 3 aromatic rings. The van der Waals surface area contributed by atoms with Gasteiger partial charge in [-0.05, 0) is 37.3 Å². The molecule has 0 aliphatic heterocycles. The summed E-state index contributed by atoms with van der Waals surface area (Å²) < 4.78 is 8.58. The molecule has 27 heavy (non-hydrogen) atoms. The first-order chi connectivity index (χ1) is 12.9. The van der Waals surface area contributed by atoms with Crippen molar-refractivity contribution in [1.82, 2.24) is 9.36 Å². The number of hydrogen-bond donors (Lipinski definition) is 1. The van der Waals surface area contributed by atoms with Gasteiger partial charge in [0.15, 0.2) is 6.61 Å². The number of carbonyl (C=O) groups is 1. The topological polar surface area (TPSA) is 65.3 Å². The number of halogens is 2. The predicted octanol–water partition coefficient (Wildman–Crippen LogP) is 3.81. The van der Waals surface area contributed by atoms with E-state index in [1.165, 1.54) is 4.68 Å². The van der Waals surface area contributed by atoms with E-state index in [9.17, 15) is 9.59 Å². The number of para-hydroxylation sites is 1. The zero-order valence-corrected chi connectivity index (χ0v) is 16.2. The number of nitrogens with zero attached hydrogens (tertiary/aromatic N) is 2. The number of ether oxygens (including phenoxy) is 1. The predicted molar refractivity (Wildman–Crippen MR) is 106 cm³/mol. The fourth-order valence-electron chi connectivity index (χ4n) is 2.65. The van der Waals surface area contributed by atoms with Crippen LogP contribution in [0.1, 0.15) is 5.69 Å². The van der Waals surface area contributed by atoms with Gasteiger partial charge >= 0.3 is 0 Å². The maximum absolute atomic E-state index is 12.8. The Labute approximate surface area is 165 Å². The van der Waals surface area contributed by atoms with Crippen LogP contribution in [0.15, 0.2) is 53.3 Å². The van der Waals surface area contributed by atoms with Gasteiger partial charge in [0, 0.05) is 17.1 Å². The minimum Gasteiger partial charge on any atom is -0.484 e. The van der Waals surface area contributed by atoms with E-state index in [-0.39, 0.29) is 17.9 Å². The fourth-order valence-corrected chi connectivity index (χ4v) is 3.15. The Balaban J connectivity index is 1.77. The SMILES string of the molecule is Cc1c(NC(=O)COc2cc(Cl)cc(Cl)c2)c(=O)n(-c2ccccc2)n1C. The van der Waals surface area contributed by atoms with Crippen LogP contribution in [-0.2, 0) is 11.8 Å². The Morgan fingerprint density at radius 3 is 2.37 bits per heavy atom. The molecule has 0 atom stereocenters. The molecule has 8 heteroatoms. The number of rotatable bonds is 5. The van der Waals surface area contributed by atoms with Crippen LogP contribution in [-0.4, -0.2) is 21.9 Å². The van der Waals surface area contributed by atoms with Crippen LogP contribution in [0.2, 0.25) is 10.0 Å². The molecule has 0 radical (unpaired) electrons. The lowest BCUT2D eigenvalue weighted by atomic mass is 10.3. The standard InChI is InChI=1S/C19H17Cl2N3O3/c1-12-18(19(26)24(23(12)2)15-6-4-3-5-7-15)22-17(25)11-27-16-9-13(20)8-14(21)10-16/h3-10H,11H2,1-2H3,(H,22,25). The van der Waals surface area contributed by atoms with Gasteiger partial charge in [-0.15, -0.1) is 0 Å². The second kappa shape index (κ2) is 7.90. The van der Waals surface area contributed by atoms with Gasteiger partial charge in [-0.2, -0.15) is 0 Å². The van der Waals surface area contributed by atoms with Gasteiger partial charge in [-0.1, -0.05) is 41.4 Å². The van der Waals surface area contributed by atoms with E-state index in [2.05, 4.69) is 5.32 Å². The fraction of sp³-hybridized carbons (Fsp3) is 0.158. The van der Waals surface area contributed by atoms with Crippen molar-refractivity contribution in [3.05, 3.63) is 74.6 Å². The smallest absolute Gasteiger partial charge is 0.295 e. The summed E-state index contributed by atoms with van der Waals surface area (Å²) >= 11 is 11.8. The molecular weight excluding hydrogens is 389 g/mol. The van der Waals surface area contributed by atoms with Crippen LogP contribution in [0.5, 0.6) is 5.75 Å². The summed E-state index contributed by atoms with van der Waals surface area (Å²) in [6.45, 7) is 1.48. The molecule has 0 saturated heterocycles. The van der Waals surface area contributed by atoms with Crippen molar-refractivity contribution in [3.8, 4) is 11.4 Å². The monoisotopic (exact) mass is 405 g/mol. The first-order valence-electron chi connectivity index (χ1n) is 8.09.